The van der Waals surface area contributed by atoms with Crippen LogP contribution in [0.5, 0.6) is 11.5 Å². The third-order valence-corrected chi connectivity index (χ3v) is 2.48. The highest BCUT2D eigenvalue weighted by Gasteiger charge is 2.03. The molecule has 102 valence electrons. The Labute approximate surface area is 111 Å². The Balaban J connectivity index is 1.85. The quantitative estimate of drug-likeness (QED) is 0.787. The van der Waals surface area contributed by atoms with Gasteiger partial charge in [-0.25, -0.2) is 0 Å². The molecule has 1 aromatic carbocycles. The van der Waals surface area contributed by atoms with Gasteiger partial charge in [0.15, 0.2) is 6.61 Å². The number of hydrogen-bond acceptors (Lipinski definition) is 6. The number of ether oxygens (including phenoxy) is 2. The molecule has 0 saturated carbocycles. The van der Waals surface area contributed by atoms with Crippen LogP contribution in [0.1, 0.15) is 12.2 Å². The van der Waals surface area contributed by atoms with Gasteiger partial charge in [0.1, 0.15) is 11.5 Å². The molecule has 0 atom stereocenters. The van der Waals surface area contributed by atoms with Crippen LogP contribution < -0.4 is 15.2 Å². The Morgan fingerprint density at radius 2 is 1.95 bits per heavy atom. The molecule has 0 saturated heterocycles. The van der Waals surface area contributed by atoms with E-state index in [9.17, 15) is 0 Å². The third-order valence-electron chi connectivity index (χ3n) is 2.48. The second-order valence-corrected chi connectivity index (χ2v) is 3.91. The molecule has 2 aromatic rings. The van der Waals surface area contributed by atoms with Crippen LogP contribution >= 0.6 is 0 Å². The molecule has 0 radical (unpaired) electrons. The predicted molar refractivity (Wildman–Crippen MR) is 68.8 cm³/mol. The van der Waals surface area contributed by atoms with Crippen LogP contribution in [-0.2, 0) is 13.2 Å². The Bertz CT molecular complexity index is 497. The summed E-state index contributed by atoms with van der Waals surface area (Å²) in [6, 6.07) is 7.33. The van der Waals surface area contributed by atoms with Crippen molar-refractivity contribution in [3.63, 3.8) is 0 Å². The van der Waals surface area contributed by atoms with Crippen molar-refractivity contribution in [2.45, 2.75) is 19.6 Å². The fourth-order valence-corrected chi connectivity index (χ4v) is 1.48. The van der Waals surface area contributed by atoms with Gasteiger partial charge in [-0.1, -0.05) is 0 Å². The fourth-order valence-electron chi connectivity index (χ4n) is 1.48. The number of rotatable bonds is 7. The largest absolute Gasteiger partial charge is 0.497 e. The first-order chi connectivity index (χ1) is 9.31. The molecule has 0 fully saturated rings. The topological polar surface area (TPSA) is 88.1 Å². The lowest BCUT2D eigenvalue weighted by molar-refractivity contribution is 0.294. The monoisotopic (exact) mass is 263 g/mol. The summed E-state index contributed by atoms with van der Waals surface area (Å²) < 4.78 is 10.6. The molecule has 2 N–H and O–H groups in total. The van der Waals surface area contributed by atoms with Crippen molar-refractivity contribution in [3.8, 4) is 11.5 Å². The molecule has 0 spiro atoms. The molecule has 0 aliphatic carbocycles. The first-order valence-corrected chi connectivity index (χ1v) is 6.05. The zero-order valence-corrected chi connectivity index (χ0v) is 10.8. The number of aromatic nitrogens is 4. The molecule has 0 amide bonds. The van der Waals surface area contributed by atoms with Crippen molar-refractivity contribution < 1.29 is 9.47 Å². The number of tetrazole rings is 1. The van der Waals surface area contributed by atoms with Crippen LogP contribution in [0.2, 0.25) is 0 Å². The summed E-state index contributed by atoms with van der Waals surface area (Å²) in [5, 5.41) is 12.0. The van der Waals surface area contributed by atoms with Crippen molar-refractivity contribution in [1.82, 2.24) is 20.2 Å². The first-order valence-electron chi connectivity index (χ1n) is 6.05. The number of aryl methyl sites for hydroxylation is 1. The number of nitrogens with two attached hydrogens (primary N) is 1. The van der Waals surface area contributed by atoms with Crippen LogP contribution in [0, 0.1) is 0 Å². The van der Waals surface area contributed by atoms with E-state index in [0.717, 1.165) is 17.9 Å². The molecule has 0 unspecified atom stereocenters. The minimum Gasteiger partial charge on any atom is -0.497 e. The molecule has 19 heavy (non-hydrogen) atoms. The average molecular weight is 263 g/mol. The minimum atomic E-state index is 0.287. The third kappa shape index (κ3) is 3.92. The van der Waals surface area contributed by atoms with E-state index in [0.29, 0.717) is 18.9 Å². The van der Waals surface area contributed by atoms with E-state index >= 15 is 0 Å². The second-order valence-electron chi connectivity index (χ2n) is 3.91. The van der Waals surface area contributed by atoms with Gasteiger partial charge >= 0.3 is 0 Å². The van der Waals surface area contributed by atoms with Gasteiger partial charge in [-0.15, -0.1) is 10.2 Å². The highest BCUT2D eigenvalue weighted by Crippen LogP contribution is 2.17. The molecule has 0 aliphatic heterocycles. The zero-order chi connectivity index (χ0) is 13.5. The maximum atomic E-state index is 5.55. The van der Waals surface area contributed by atoms with Gasteiger partial charge in [0.05, 0.1) is 13.7 Å². The summed E-state index contributed by atoms with van der Waals surface area (Å²) in [5.74, 6) is 2.07. The molecular weight excluding hydrogens is 246 g/mol. The SMILES string of the molecule is COc1ccc(OCc2nnn(CCCN)n2)cc1. The van der Waals surface area contributed by atoms with Gasteiger partial charge in [-0.2, -0.15) is 4.80 Å². The highest BCUT2D eigenvalue weighted by atomic mass is 16.5. The molecule has 2 rings (SSSR count). The van der Waals surface area contributed by atoms with E-state index in [1.165, 1.54) is 4.80 Å². The summed E-state index contributed by atoms with van der Waals surface area (Å²) in [4.78, 5) is 1.53. The summed E-state index contributed by atoms with van der Waals surface area (Å²) in [6.07, 6.45) is 0.829. The van der Waals surface area contributed by atoms with E-state index in [4.69, 9.17) is 15.2 Å². The van der Waals surface area contributed by atoms with Gasteiger partial charge in [0, 0.05) is 0 Å². The number of benzene rings is 1. The lowest BCUT2D eigenvalue weighted by Crippen LogP contribution is -2.08. The number of nitrogens with zero attached hydrogens (tertiary/aromatic N) is 4. The van der Waals surface area contributed by atoms with Crippen LogP contribution in [0.3, 0.4) is 0 Å². The van der Waals surface area contributed by atoms with Gasteiger partial charge in [-0.3, -0.25) is 0 Å². The summed E-state index contributed by atoms with van der Waals surface area (Å²) in [7, 11) is 1.62. The van der Waals surface area contributed by atoms with Crippen molar-refractivity contribution >= 4 is 0 Å². The van der Waals surface area contributed by atoms with Crippen molar-refractivity contribution in [1.29, 1.82) is 0 Å². The van der Waals surface area contributed by atoms with E-state index in [1.54, 1.807) is 7.11 Å². The van der Waals surface area contributed by atoms with Crippen LogP contribution in [0.4, 0.5) is 0 Å². The van der Waals surface area contributed by atoms with Crippen molar-refractivity contribution in [2.24, 2.45) is 5.73 Å². The maximum Gasteiger partial charge on any atom is 0.212 e. The lowest BCUT2D eigenvalue weighted by Gasteiger charge is -2.04. The molecule has 7 nitrogen and oxygen atoms in total. The van der Waals surface area contributed by atoms with E-state index in [1.807, 2.05) is 24.3 Å². The van der Waals surface area contributed by atoms with E-state index in [-0.39, 0.29) is 6.61 Å². The van der Waals surface area contributed by atoms with Gasteiger partial charge < -0.3 is 15.2 Å². The molecule has 7 heteroatoms. The number of hydrogen-bond donors (Lipinski definition) is 1. The zero-order valence-electron chi connectivity index (χ0n) is 10.8. The summed E-state index contributed by atoms with van der Waals surface area (Å²) in [5.41, 5.74) is 5.42. The van der Waals surface area contributed by atoms with Crippen molar-refractivity contribution in [2.75, 3.05) is 13.7 Å². The van der Waals surface area contributed by atoms with Crippen LogP contribution in [0.25, 0.3) is 0 Å². The van der Waals surface area contributed by atoms with Gasteiger partial charge in [0.25, 0.3) is 0 Å². The first kappa shape index (κ1) is 13.3. The molecule has 0 bridgehead atoms. The van der Waals surface area contributed by atoms with E-state index < -0.39 is 0 Å². The Kier molecular flexibility index (Phi) is 4.68. The average Bonchev–Trinajstić information content (AvgIpc) is 2.91. The van der Waals surface area contributed by atoms with E-state index in [2.05, 4.69) is 15.4 Å². The van der Waals surface area contributed by atoms with Crippen molar-refractivity contribution in [3.05, 3.63) is 30.1 Å². The summed E-state index contributed by atoms with van der Waals surface area (Å²) in [6.45, 7) is 1.57. The fraction of sp³-hybridized carbons (Fsp3) is 0.417. The normalized spacial score (nSPS) is 10.4. The standard InChI is InChI=1S/C12H17N5O2/c1-18-10-3-5-11(6-4-10)19-9-12-14-16-17(15-12)8-2-7-13/h3-6H,2,7-9,13H2,1H3. The molecule has 1 aromatic heterocycles. The predicted octanol–water partition coefficient (Wildman–Crippen LogP) is 0.609. The molecular formula is C12H17N5O2. The molecule has 0 aliphatic rings. The minimum absolute atomic E-state index is 0.287. The lowest BCUT2D eigenvalue weighted by atomic mass is 10.3. The molecule has 1 heterocycles. The Morgan fingerprint density at radius 3 is 2.63 bits per heavy atom. The maximum absolute atomic E-state index is 5.55. The second kappa shape index (κ2) is 6.69. The summed E-state index contributed by atoms with van der Waals surface area (Å²) >= 11 is 0. The highest BCUT2D eigenvalue weighted by molar-refractivity contribution is 5.31. The van der Waals surface area contributed by atoms with Gasteiger partial charge in [-0.05, 0) is 42.4 Å². The van der Waals surface area contributed by atoms with Gasteiger partial charge in [0.2, 0.25) is 5.82 Å². The van der Waals surface area contributed by atoms with Crippen LogP contribution in [0.15, 0.2) is 24.3 Å². The Hall–Kier alpha value is -2.15. The number of methoxy groups -OCH3 is 1. The van der Waals surface area contributed by atoms with Crippen LogP contribution in [-0.4, -0.2) is 33.9 Å². The smallest absolute Gasteiger partial charge is 0.212 e. The Morgan fingerprint density at radius 1 is 1.21 bits per heavy atom.